The van der Waals surface area contributed by atoms with Gasteiger partial charge >= 0.3 is 0 Å². The minimum Gasteiger partial charge on any atom is -0.394 e. The van der Waals surface area contributed by atoms with Crippen LogP contribution >= 0.6 is 11.3 Å². The SMILES string of the molecule is CC[C@H](C)[C@H](CO)NC(=O)c1nc(-n2cccc2)sc1C. The predicted octanol–water partition coefficient (Wildman–Crippen LogP) is 2.38. The van der Waals surface area contributed by atoms with Gasteiger partial charge < -0.3 is 15.0 Å². The molecule has 2 atom stereocenters. The van der Waals surface area contributed by atoms with Gasteiger partial charge in [-0.05, 0) is 25.0 Å². The van der Waals surface area contributed by atoms with Crippen molar-refractivity contribution in [1.29, 1.82) is 0 Å². The lowest BCUT2D eigenvalue weighted by Crippen LogP contribution is -2.42. The number of aliphatic hydroxyl groups excluding tert-OH is 1. The van der Waals surface area contributed by atoms with Gasteiger partial charge in [-0.15, -0.1) is 11.3 Å². The molecule has 0 unspecified atom stereocenters. The van der Waals surface area contributed by atoms with E-state index >= 15 is 0 Å². The van der Waals surface area contributed by atoms with Crippen molar-refractivity contribution < 1.29 is 9.90 Å². The molecular formula is C15H21N3O2S. The first-order valence-corrected chi connectivity index (χ1v) is 7.91. The normalized spacial score (nSPS) is 13.9. The van der Waals surface area contributed by atoms with E-state index < -0.39 is 0 Å². The number of amides is 1. The molecule has 0 saturated carbocycles. The smallest absolute Gasteiger partial charge is 0.271 e. The number of nitrogens with one attached hydrogen (secondary N) is 1. The van der Waals surface area contributed by atoms with Crippen molar-refractivity contribution in [3.8, 4) is 5.13 Å². The largest absolute Gasteiger partial charge is 0.394 e. The van der Waals surface area contributed by atoms with E-state index in [1.165, 1.54) is 11.3 Å². The fraction of sp³-hybridized carbons (Fsp3) is 0.467. The second kappa shape index (κ2) is 6.87. The number of nitrogens with zero attached hydrogens (tertiary/aromatic N) is 2. The van der Waals surface area contributed by atoms with E-state index in [4.69, 9.17) is 0 Å². The van der Waals surface area contributed by atoms with Crippen molar-refractivity contribution in [1.82, 2.24) is 14.9 Å². The molecule has 2 N–H and O–H groups in total. The van der Waals surface area contributed by atoms with E-state index in [9.17, 15) is 9.90 Å². The predicted molar refractivity (Wildman–Crippen MR) is 84.0 cm³/mol. The number of carbonyl (C=O) groups excluding carboxylic acids is 1. The third kappa shape index (κ3) is 3.51. The number of hydrogen-bond donors (Lipinski definition) is 2. The average molecular weight is 307 g/mol. The molecule has 2 aromatic rings. The standard InChI is InChI=1S/C15H21N3O2S/c1-4-10(2)12(9-19)16-14(20)13-11(3)21-15(17-13)18-7-5-6-8-18/h5-8,10,12,19H,4,9H2,1-3H3,(H,16,20)/t10-,12-/m0/s1. The third-order valence-electron chi connectivity index (χ3n) is 3.67. The second-order valence-corrected chi connectivity index (χ2v) is 6.32. The topological polar surface area (TPSA) is 67.2 Å². The number of aryl methyl sites for hydroxylation is 1. The lowest BCUT2D eigenvalue weighted by Gasteiger charge is -2.21. The molecule has 0 aliphatic heterocycles. The molecule has 0 aromatic carbocycles. The summed E-state index contributed by atoms with van der Waals surface area (Å²) in [4.78, 5) is 17.6. The van der Waals surface area contributed by atoms with Crippen molar-refractivity contribution in [3.63, 3.8) is 0 Å². The van der Waals surface area contributed by atoms with Gasteiger partial charge in [0, 0.05) is 17.3 Å². The first-order chi connectivity index (χ1) is 10.1. The van der Waals surface area contributed by atoms with Crippen LogP contribution in [0.15, 0.2) is 24.5 Å². The lowest BCUT2D eigenvalue weighted by molar-refractivity contribution is 0.0886. The Kier molecular flexibility index (Phi) is 5.14. The van der Waals surface area contributed by atoms with Crippen LogP contribution < -0.4 is 5.32 Å². The summed E-state index contributed by atoms with van der Waals surface area (Å²) in [6.45, 7) is 5.88. The molecule has 1 amide bonds. The summed E-state index contributed by atoms with van der Waals surface area (Å²) in [5.41, 5.74) is 0.436. The molecule has 0 radical (unpaired) electrons. The Morgan fingerprint density at radius 2 is 2.14 bits per heavy atom. The Morgan fingerprint density at radius 3 is 2.71 bits per heavy atom. The van der Waals surface area contributed by atoms with Crippen molar-refractivity contribution in [2.45, 2.75) is 33.2 Å². The zero-order chi connectivity index (χ0) is 15.4. The lowest BCUT2D eigenvalue weighted by atomic mass is 10.00. The van der Waals surface area contributed by atoms with Gasteiger partial charge in [-0.2, -0.15) is 0 Å². The summed E-state index contributed by atoms with van der Waals surface area (Å²) in [5.74, 6) is 0.00307. The van der Waals surface area contributed by atoms with Gasteiger partial charge in [0.2, 0.25) is 0 Å². The highest BCUT2D eigenvalue weighted by atomic mass is 32.1. The Morgan fingerprint density at radius 1 is 1.48 bits per heavy atom. The molecule has 6 heteroatoms. The summed E-state index contributed by atoms with van der Waals surface area (Å²) < 4.78 is 1.88. The minimum absolute atomic E-state index is 0.0611. The van der Waals surface area contributed by atoms with Crippen LogP contribution in [0, 0.1) is 12.8 Å². The first kappa shape index (κ1) is 15.7. The van der Waals surface area contributed by atoms with Crippen LogP contribution in [0.5, 0.6) is 0 Å². The van der Waals surface area contributed by atoms with Gasteiger partial charge in [0.15, 0.2) is 5.13 Å². The highest BCUT2D eigenvalue weighted by molar-refractivity contribution is 7.14. The number of aliphatic hydroxyl groups is 1. The van der Waals surface area contributed by atoms with E-state index in [2.05, 4.69) is 10.3 Å². The number of hydrogen-bond acceptors (Lipinski definition) is 4. The quantitative estimate of drug-likeness (QED) is 0.861. The molecule has 2 aromatic heterocycles. The molecule has 21 heavy (non-hydrogen) atoms. The Labute approximate surface area is 128 Å². The fourth-order valence-corrected chi connectivity index (χ4v) is 2.93. The molecular weight excluding hydrogens is 286 g/mol. The number of thiazole rings is 1. The van der Waals surface area contributed by atoms with Gasteiger partial charge in [0.25, 0.3) is 5.91 Å². The monoisotopic (exact) mass is 307 g/mol. The maximum atomic E-state index is 12.4. The van der Waals surface area contributed by atoms with Crippen LogP contribution in [0.4, 0.5) is 0 Å². The number of rotatable bonds is 6. The molecule has 2 rings (SSSR count). The molecule has 0 fully saturated rings. The van der Waals surface area contributed by atoms with E-state index in [1.807, 2.05) is 49.9 Å². The molecule has 114 valence electrons. The van der Waals surface area contributed by atoms with Crippen molar-refractivity contribution in [2.75, 3.05) is 6.61 Å². The van der Waals surface area contributed by atoms with Gasteiger partial charge in [-0.25, -0.2) is 4.98 Å². The Hall–Kier alpha value is -1.66. The third-order valence-corrected chi connectivity index (χ3v) is 4.65. The van der Waals surface area contributed by atoms with E-state index in [0.717, 1.165) is 16.4 Å². The number of carbonyl (C=O) groups is 1. The van der Waals surface area contributed by atoms with Crippen LogP contribution in [0.2, 0.25) is 0 Å². The molecule has 2 heterocycles. The molecule has 5 nitrogen and oxygen atoms in total. The fourth-order valence-electron chi connectivity index (χ4n) is 2.05. The second-order valence-electron chi connectivity index (χ2n) is 5.14. The average Bonchev–Trinajstić information content (AvgIpc) is 3.12. The Balaban J connectivity index is 2.16. The summed E-state index contributed by atoms with van der Waals surface area (Å²) in [7, 11) is 0. The van der Waals surface area contributed by atoms with Crippen LogP contribution in [0.3, 0.4) is 0 Å². The van der Waals surface area contributed by atoms with Crippen molar-refractivity contribution >= 4 is 17.2 Å². The summed E-state index contributed by atoms with van der Waals surface area (Å²) in [6.07, 6.45) is 4.70. The van der Waals surface area contributed by atoms with Crippen LogP contribution in [0.1, 0.15) is 35.6 Å². The van der Waals surface area contributed by atoms with Gasteiger partial charge in [0.1, 0.15) is 5.69 Å². The molecule has 0 aliphatic rings. The highest BCUT2D eigenvalue weighted by Crippen LogP contribution is 2.21. The maximum Gasteiger partial charge on any atom is 0.271 e. The molecule has 0 saturated heterocycles. The summed E-state index contributed by atoms with van der Waals surface area (Å²) in [5, 5.41) is 13.1. The van der Waals surface area contributed by atoms with Crippen molar-refractivity contribution in [3.05, 3.63) is 35.1 Å². The number of aromatic nitrogens is 2. The van der Waals surface area contributed by atoms with Gasteiger partial charge in [0.05, 0.1) is 12.6 Å². The van der Waals surface area contributed by atoms with Crippen molar-refractivity contribution in [2.24, 2.45) is 5.92 Å². The van der Waals surface area contributed by atoms with E-state index in [1.54, 1.807) is 0 Å². The van der Waals surface area contributed by atoms with Gasteiger partial charge in [-0.3, -0.25) is 4.79 Å². The molecule has 0 bridgehead atoms. The van der Waals surface area contributed by atoms with Crippen LogP contribution in [-0.2, 0) is 0 Å². The van der Waals surface area contributed by atoms with Crippen LogP contribution in [-0.4, -0.2) is 33.2 Å². The summed E-state index contributed by atoms with van der Waals surface area (Å²) in [6, 6.07) is 3.60. The summed E-state index contributed by atoms with van der Waals surface area (Å²) >= 11 is 1.48. The zero-order valence-corrected chi connectivity index (χ0v) is 13.4. The van der Waals surface area contributed by atoms with Gasteiger partial charge in [-0.1, -0.05) is 20.3 Å². The van der Waals surface area contributed by atoms with E-state index in [-0.39, 0.29) is 24.5 Å². The molecule has 0 aliphatic carbocycles. The highest BCUT2D eigenvalue weighted by Gasteiger charge is 2.22. The minimum atomic E-state index is -0.237. The zero-order valence-electron chi connectivity index (χ0n) is 12.5. The maximum absolute atomic E-state index is 12.4. The van der Waals surface area contributed by atoms with Crippen LogP contribution in [0.25, 0.3) is 5.13 Å². The first-order valence-electron chi connectivity index (χ1n) is 7.09. The molecule has 0 spiro atoms. The van der Waals surface area contributed by atoms with E-state index in [0.29, 0.717) is 5.69 Å². The Bertz CT molecular complexity index is 592.